The molecule has 0 heterocycles. The summed E-state index contributed by atoms with van der Waals surface area (Å²) in [5.41, 5.74) is 0. The lowest BCUT2D eigenvalue weighted by atomic mass is 10.1. The molecule has 18 heavy (non-hydrogen) atoms. The normalized spacial score (nSPS) is 9.22. The second-order valence-corrected chi connectivity index (χ2v) is 4.79. The lowest BCUT2D eigenvalue weighted by Gasteiger charge is -1.96. The van der Waals surface area contributed by atoms with Crippen molar-refractivity contribution in [1.29, 1.82) is 0 Å². The van der Waals surface area contributed by atoms with E-state index in [1.54, 1.807) is 0 Å². The van der Waals surface area contributed by atoms with Crippen LogP contribution in [-0.2, 0) is 0 Å². The lowest BCUT2D eigenvalue weighted by Crippen LogP contribution is -1.78. The second-order valence-electron chi connectivity index (χ2n) is 4.79. The molecule has 0 saturated heterocycles. The van der Waals surface area contributed by atoms with Gasteiger partial charge in [0.15, 0.2) is 0 Å². The Morgan fingerprint density at radius 3 is 1.50 bits per heavy atom. The van der Waals surface area contributed by atoms with Gasteiger partial charge in [-0.3, -0.25) is 0 Å². The topological polar surface area (TPSA) is 0 Å². The molecule has 0 aromatic carbocycles. The van der Waals surface area contributed by atoms with Gasteiger partial charge in [-0.2, -0.15) is 0 Å². The van der Waals surface area contributed by atoms with Crippen molar-refractivity contribution >= 4 is 0 Å². The molecule has 0 aliphatic heterocycles. The van der Waals surface area contributed by atoms with E-state index in [-0.39, 0.29) is 0 Å². The molecule has 0 bridgehead atoms. The molecule has 102 valence electrons. The maximum atomic E-state index is 3.29. The summed E-state index contributed by atoms with van der Waals surface area (Å²) in [5, 5.41) is 0. The van der Waals surface area contributed by atoms with E-state index in [0.29, 0.717) is 0 Å². The van der Waals surface area contributed by atoms with Gasteiger partial charge in [0.05, 0.1) is 0 Å². The highest BCUT2D eigenvalue weighted by Crippen LogP contribution is 2.06. The highest BCUT2D eigenvalue weighted by molar-refractivity contribution is 5.00. The predicted molar refractivity (Wildman–Crippen MR) is 82.3 cm³/mol. The van der Waals surface area contributed by atoms with E-state index in [2.05, 4.69) is 37.5 Å². The first-order valence-corrected chi connectivity index (χ1v) is 7.83. The van der Waals surface area contributed by atoms with E-state index in [9.17, 15) is 0 Å². The van der Waals surface area contributed by atoms with Gasteiger partial charge in [0.2, 0.25) is 0 Å². The Morgan fingerprint density at radius 1 is 0.500 bits per heavy atom. The Kier molecular flexibility index (Phi) is 15.3. The average molecular weight is 246 g/mol. The Balaban J connectivity index is 3.14. The average Bonchev–Trinajstić information content (AvgIpc) is 2.39. The van der Waals surface area contributed by atoms with Gasteiger partial charge in [0, 0.05) is 25.7 Å². The number of unbranched alkanes of at least 4 members (excludes halogenated alkanes) is 9. The highest BCUT2D eigenvalue weighted by atomic mass is 13.9. The monoisotopic (exact) mass is 246 g/mol. The zero-order chi connectivity index (χ0) is 13.3. The molecule has 0 rings (SSSR count). The van der Waals surface area contributed by atoms with E-state index in [0.717, 1.165) is 25.7 Å². The summed E-state index contributed by atoms with van der Waals surface area (Å²) >= 11 is 0. The van der Waals surface area contributed by atoms with E-state index in [1.807, 2.05) is 0 Å². The van der Waals surface area contributed by atoms with Gasteiger partial charge >= 0.3 is 0 Å². The van der Waals surface area contributed by atoms with Gasteiger partial charge in [0.25, 0.3) is 0 Å². The zero-order valence-electron chi connectivity index (χ0n) is 12.5. The van der Waals surface area contributed by atoms with Crippen LogP contribution in [0.5, 0.6) is 0 Å². The molecule has 0 radical (unpaired) electrons. The molecular formula is C18H30. The molecule has 0 saturated carbocycles. The summed E-state index contributed by atoms with van der Waals surface area (Å²) in [6, 6.07) is 0. The minimum atomic E-state index is 0.984. The molecule has 0 spiro atoms. The smallest absolute Gasteiger partial charge is 0.00890 e. The molecular weight excluding hydrogens is 216 g/mol. The summed E-state index contributed by atoms with van der Waals surface area (Å²) in [4.78, 5) is 0. The van der Waals surface area contributed by atoms with Crippen molar-refractivity contribution in [2.45, 2.75) is 90.9 Å². The minimum absolute atomic E-state index is 0.984. The number of rotatable bonds is 9. The summed E-state index contributed by atoms with van der Waals surface area (Å²) in [6.07, 6.45) is 14.8. The van der Waals surface area contributed by atoms with Crippen molar-refractivity contribution in [1.82, 2.24) is 0 Å². The Bertz CT molecular complexity index is 266. The molecule has 0 unspecified atom stereocenters. The summed E-state index contributed by atoms with van der Waals surface area (Å²) in [5.74, 6) is 12.8. The summed E-state index contributed by atoms with van der Waals surface area (Å²) in [6.45, 7) is 4.36. The van der Waals surface area contributed by atoms with Crippen LogP contribution in [0.25, 0.3) is 0 Å². The molecule has 0 heteroatoms. The minimum Gasteiger partial charge on any atom is -0.104 e. The molecule has 0 fully saturated rings. The van der Waals surface area contributed by atoms with Gasteiger partial charge in [-0.05, 0) is 19.3 Å². The van der Waals surface area contributed by atoms with E-state index in [1.165, 1.54) is 51.4 Å². The fraction of sp³-hybridized carbons (Fsp3) is 0.778. The van der Waals surface area contributed by atoms with Crippen LogP contribution in [0.3, 0.4) is 0 Å². The molecule has 0 aromatic heterocycles. The SMILES string of the molecule is CCC#CCCCCC#CCCCCCCCC. The van der Waals surface area contributed by atoms with Gasteiger partial charge in [-0.1, -0.05) is 46.0 Å². The number of hydrogen-bond donors (Lipinski definition) is 0. The van der Waals surface area contributed by atoms with E-state index in [4.69, 9.17) is 0 Å². The molecule has 0 atom stereocenters. The van der Waals surface area contributed by atoms with Crippen molar-refractivity contribution in [2.75, 3.05) is 0 Å². The first kappa shape index (κ1) is 17.1. The van der Waals surface area contributed by atoms with Crippen LogP contribution in [0, 0.1) is 23.7 Å². The summed E-state index contributed by atoms with van der Waals surface area (Å²) in [7, 11) is 0. The molecule has 0 N–H and O–H groups in total. The third kappa shape index (κ3) is 15.1. The lowest BCUT2D eigenvalue weighted by molar-refractivity contribution is 0.613. The number of hydrogen-bond acceptors (Lipinski definition) is 0. The standard InChI is InChI=1S/C18H30/c1-3-5-7-9-11-13-15-17-18-16-14-12-10-8-6-4-2/h3-5,7,9-16H2,1-2H3. The zero-order valence-corrected chi connectivity index (χ0v) is 12.5. The maximum absolute atomic E-state index is 3.29. The van der Waals surface area contributed by atoms with Crippen LogP contribution in [0.4, 0.5) is 0 Å². The first-order chi connectivity index (χ1) is 8.91. The van der Waals surface area contributed by atoms with Crippen molar-refractivity contribution in [3.8, 4) is 23.7 Å². The van der Waals surface area contributed by atoms with Crippen LogP contribution < -0.4 is 0 Å². The van der Waals surface area contributed by atoms with E-state index < -0.39 is 0 Å². The van der Waals surface area contributed by atoms with Crippen molar-refractivity contribution < 1.29 is 0 Å². The molecule has 0 nitrogen and oxygen atoms in total. The Morgan fingerprint density at radius 2 is 0.944 bits per heavy atom. The quantitative estimate of drug-likeness (QED) is 0.361. The Labute approximate surface area is 115 Å². The van der Waals surface area contributed by atoms with Crippen LogP contribution in [0.1, 0.15) is 90.9 Å². The van der Waals surface area contributed by atoms with E-state index >= 15 is 0 Å². The summed E-state index contributed by atoms with van der Waals surface area (Å²) < 4.78 is 0. The van der Waals surface area contributed by atoms with Gasteiger partial charge in [0.1, 0.15) is 0 Å². The first-order valence-electron chi connectivity index (χ1n) is 7.83. The largest absolute Gasteiger partial charge is 0.104 e. The Hall–Kier alpha value is -0.880. The van der Waals surface area contributed by atoms with Crippen molar-refractivity contribution in [3.63, 3.8) is 0 Å². The predicted octanol–water partition coefficient (Wildman–Crippen LogP) is 5.71. The molecule has 0 aliphatic carbocycles. The van der Waals surface area contributed by atoms with Crippen LogP contribution >= 0.6 is 0 Å². The van der Waals surface area contributed by atoms with Gasteiger partial charge < -0.3 is 0 Å². The van der Waals surface area contributed by atoms with Crippen LogP contribution in [-0.4, -0.2) is 0 Å². The third-order valence-electron chi connectivity index (χ3n) is 2.94. The fourth-order valence-electron chi connectivity index (χ4n) is 1.81. The van der Waals surface area contributed by atoms with Crippen LogP contribution in [0.15, 0.2) is 0 Å². The molecule has 0 aliphatic rings. The van der Waals surface area contributed by atoms with Crippen LogP contribution in [0.2, 0.25) is 0 Å². The second kappa shape index (κ2) is 16.1. The third-order valence-corrected chi connectivity index (χ3v) is 2.94. The molecule has 0 amide bonds. The molecule has 0 aromatic rings. The maximum Gasteiger partial charge on any atom is 0.00890 e. The van der Waals surface area contributed by atoms with Gasteiger partial charge in [-0.25, -0.2) is 0 Å². The van der Waals surface area contributed by atoms with Gasteiger partial charge in [-0.15, -0.1) is 23.7 Å². The fourth-order valence-corrected chi connectivity index (χ4v) is 1.81. The highest BCUT2D eigenvalue weighted by Gasteiger charge is 1.88. The van der Waals surface area contributed by atoms with Crippen molar-refractivity contribution in [3.05, 3.63) is 0 Å². The van der Waals surface area contributed by atoms with Crippen molar-refractivity contribution in [2.24, 2.45) is 0 Å².